The van der Waals surface area contributed by atoms with Crippen LogP contribution in [0.5, 0.6) is 17.4 Å². The van der Waals surface area contributed by atoms with Crippen molar-refractivity contribution in [2.75, 3.05) is 6.61 Å². The van der Waals surface area contributed by atoms with Gasteiger partial charge in [0, 0.05) is 17.4 Å². The van der Waals surface area contributed by atoms with Gasteiger partial charge in [-0.15, -0.1) is 0 Å². The van der Waals surface area contributed by atoms with Crippen molar-refractivity contribution in [2.24, 2.45) is 0 Å². The highest BCUT2D eigenvalue weighted by Crippen LogP contribution is 2.25. The average molecular weight is 452 g/mol. The Bertz CT molecular complexity index is 1110. The maximum Gasteiger partial charge on any atom is 0.347 e. The third-order valence-electron chi connectivity index (χ3n) is 4.03. The molecule has 164 valence electrons. The first-order valence-corrected chi connectivity index (χ1v) is 10.3. The van der Waals surface area contributed by atoms with Gasteiger partial charge in [0.1, 0.15) is 11.5 Å². The van der Waals surface area contributed by atoms with Crippen LogP contribution in [0.15, 0.2) is 79.3 Å². The third kappa shape index (κ3) is 6.92. The molecule has 0 fully saturated rings. The molecule has 2 heterocycles. The van der Waals surface area contributed by atoms with E-state index in [1.54, 1.807) is 68.7 Å². The number of hydrogen-bond acceptors (Lipinski definition) is 7. The molecule has 8 heteroatoms. The number of carbonyl (C=O) groups excluding carboxylic acids is 1. The van der Waals surface area contributed by atoms with E-state index in [1.807, 2.05) is 18.2 Å². The molecule has 0 spiro atoms. The van der Waals surface area contributed by atoms with Crippen LogP contribution < -0.4 is 9.47 Å². The van der Waals surface area contributed by atoms with Crippen molar-refractivity contribution in [1.29, 1.82) is 0 Å². The number of benzene rings is 2. The first-order valence-electron chi connectivity index (χ1n) is 9.93. The lowest BCUT2D eigenvalue weighted by Gasteiger charge is -2.13. The van der Waals surface area contributed by atoms with Crippen molar-refractivity contribution in [1.82, 2.24) is 15.0 Å². The Balaban J connectivity index is 0.000000416. The summed E-state index contributed by atoms with van der Waals surface area (Å²) in [7, 11) is 0. The molecule has 4 rings (SSSR count). The summed E-state index contributed by atoms with van der Waals surface area (Å²) >= 11 is 5.94. The predicted octanol–water partition coefficient (Wildman–Crippen LogP) is 5.49. The molecule has 0 aliphatic heterocycles. The van der Waals surface area contributed by atoms with Crippen molar-refractivity contribution in [3.8, 4) is 17.4 Å². The molecule has 0 bridgehead atoms. The molecular weight excluding hydrogens is 430 g/mol. The minimum absolute atomic E-state index is 0.318. The minimum atomic E-state index is -0.681. The van der Waals surface area contributed by atoms with E-state index in [1.165, 1.54) is 6.20 Å². The quantitative estimate of drug-likeness (QED) is 0.358. The molecule has 0 radical (unpaired) electrons. The van der Waals surface area contributed by atoms with Crippen LogP contribution in [0.25, 0.3) is 11.0 Å². The van der Waals surface area contributed by atoms with Gasteiger partial charge in [0.25, 0.3) is 0 Å². The molecule has 0 N–H and O–H groups in total. The van der Waals surface area contributed by atoms with Crippen LogP contribution in [0.4, 0.5) is 0 Å². The fourth-order valence-corrected chi connectivity index (χ4v) is 2.71. The van der Waals surface area contributed by atoms with Gasteiger partial charge in [0.2, 0.25) is 5.88 Å². The number of ether oxygens (including phenoxy) is 3. The van der Waals surface area contributed by atoms with Crippen molar-refractivity contribution < 1.29 is 19.0 Å². The summed E-state index contributed by atoms with van der Waals surface area (Å²) in [4.78, 5) is 24.0. The van der Waals surface area contributed by atoms with Gasteiger partial charge in [-0.2, -0.15) is 0 Å². The standard InChI is InChI=1S/C19H17ClN2O4.C5H5N/c1-3-24-19(23)12(2)25-14-5-7-15(8-6-14)26-18-11-21-17-10-13(20)4-9-16(17)22-18;1-2-4-6-5-3-1/h4-12H,3H2,1-2H3;1-5H. The summed E-state index contributed by atoms with van der Waals surface area (Å²) in [5.74, 6) is 1.08. The van der Waals surface area contributed by atoms with Crippen LogP contribution in [0.3, 0.4) is 0 Å². The Kier molecular flexibility index (Phi) is 8.34. The molecule has 4 aromatic rings. The van der Waals surface area contributed by atoms with Crippen LogP contribution in [0.2, 0.25) is 5.02 Å². The van der Waals surface area contributed by atoms with E-state index in [0.29, 0.717) is 40.0 Å². The zero-order valence-corrected chi connectivity index (χ0v) is 18.4. The second-order valence-corrected chi connectivity index (χ2v) is 6.89. The van der Waals surface area contributed by atoms with E-state index in [9.17, 15) is 4.79 Å². The summed E-state index contributed by atoms with van der Waals surface area (Å²) in [5.41, 5.74) is 1.39. The smallest absolute Gasteiger partial charge is 0.347 e. The summed E-state index contributed by atoms with van der Waals surface area (Å²) in [5, 5.41) is 0.605. The lowest BCUT2D eigenvalue weighted by atomic mass is 10.3. The summed E-state index contributed by atoms with van der Waals surface area (Å²) < 4.78 is 16.2. The number of fused-ring (bicyclic) bond motifs is 1. The highest BCUT2D eigenvalue weighted by Gasteiger charge is 2.15. The van der Waals surface area contributed by atoms with E-state index in [0.717, 1.165) is 0 Å². The highest BCUT2D eigenvalue weighted by atomic mass is 35.5. The van der Waals surface area contributed by atoms with Crippen LogP contribution in [-0.4, -0.2) is 33.6 Å². The zero-order valence-electron chi connectivity index (χ0n) is 17.6. The molecule has 1 atom stereocenters. The molecule has 0 saturated carbocycles. The van der Waals surface area contributed by atoms with E-state index >= 15 is 0 Å². The number of hydrogen-bond donors (Lipinski definition) is 0. The zero-order chi connectivity index (χ0) is 22.8. The Morgan fingerprint density at radius 3 is 2.34 bits per heavy atom. The molecule has 1 unspecified atom stereocenters. The predicted molar refractivity (Wildman–Crippen MR) is 122 cm³/mol. The first kappa shape index (κ1) is 23.0. The monoisotopic (exact) mass is 451 g/mol. The number of halogens is 1. The van der Waals surface area contributed by atoms with Gasteiger partial charge in [-0.05, 0) is 68.4 Å². The molecule has 0 aliphatic rings. The second-order valence-electron chi connectivity index (χ2n) is 6.45. The van der Waals surface area contributed by atoms with Gasteiger partial charge >= 0.3 is 5.97 Å². The van der Waals surface area contributed by atoms with Crippen molar-refractivity contribution in [2.45, 2.75) is 20.0 Å². The van der Waals surface area contributed by atoms with Gasteiger partial charge in [-0.3, -0.25) is 4.98 Å². The average Bonchev–Trinajstić information content (AvgIpc) is 2.82. The second kappa shape index (κ2) is 11.6. The van der Waals surface area contributed by atoms with Crippen molar-refractivity contribution >= 4 is 28.6 Å². The van der Waals surface area contributed by atoms with Gasteiger partial charge in [0.05, 0.1) is 23.8 Å². The lowest BCUT2D eigenvalue weighted by Crippen LogP contribution is -2.25. The maximum absolute atomic E-state index is 11.6. The largest absolute Gasteiger partial charge is 0.479 e. The van der Waals surface area contributed by atoms with Gasteiger partial charge in [-0.1, -0.05) is 17.7 Å². The maximum atomic E-state index is 11.6. The number of nitrogens with zero attached hydrogens (tertiary/aromatic N) is 3. The van der Waals surface area contributed by atoms with Crippen LogP contribution in [-0.2, 0) is 9.53 Å². The molecule has 0 aliphatic carbocycles. The van der Waals surface area contributed by atoms with Crippen molar-refractivity contribution in [3.63, 3.8) is 0 Å². The topological polar surface area (TPSA) is 83.4 Å². The molecule has 2 aromatic carbocycles. The lowest BCUT2D eigenvalue weighted by molar-refractivity contribution is -0.150. The molecular formula is C24H22ClN3O4. The molecule has 0 saturated heterocycles. The van der Waals surface area contributed by atoms with Crippen LogP contribution >= 0.6 is 11.6 Å². The summed E-state index contributed by atoms with van der Waals surface area (Å²) in [6.07, 6.45) is 4.35. The summed E-state index contributed by atoms with van der Waals surface area (Å²) in [6, 6.07) is 17.8. The third-order valence-corrected chi connectivity index (χ3v) is 4.26. The number of aromatic nitrogens is 3. The minimum Gasteiger partial charge on any atom is -0.479 e. The van der Waals surface area contributed by atoms with Gasteiger partial charge in [-0.25, -0.2) is 14.8 Å². The normalized spacial score (nSPS) is 11.1. The molecule has 0 amide bonds. The summed E-state index contributed by atoms with van der Waals surface area (Å²) in [6.45, 7) is 3.71. The van der Waals surface area contributed by atoms with Gasteiger partial charge < -0.3 is 14.2 Å². The van der Waals surface area contributed by atoms with Gasteiger partial charge in [0.15, 0.2) is 6.10 Å². The Morgan fingerprint density at radius 1 is 1.00 bits per heavy atom. The fourth-order valence-electron chi connectivity index (χ4n) is 2.55. The van der Waals surface area contributed by atoms with Crippen molar-refractivity contribution in [3.05, 3.63) is 84.3 Å². The van der Waals surface area contributed by atoms with Crippen LogP contribution in [0, 0.1) is 0 Å². The van der Waals surface area contributed by atoms with Crippen LogP contribution in [0.1, 0.15) is 13.8 Å². The Labute approximate surface area is 191 Å². The highest BCUT2D eigenvalue weighted by molar-refractivity contribution is 6.31. The van der Waals surface area contributed by atoms with E-state index in [-0.39, 0.29) is 0 Å². The fraction of sp³-hybridized carbons (Fsp3) is 0.167. The number of rotatable bonds is 6. The number of carbonyl (C=O) groups is 1. The Hall–Kier alpha value is -3.71. The molecule has 32 heavy (non-hydrogen) atoms. The number of esters is 1. The molecule has 2 aromatic heterocycles. The van der Waals surface area contributed by atoms with E-state index in [4.69, 9.17) is 25.8 Å². The number of pyridine rings is 1. The SMILES string of the molecule is CCOC(=O)C(C)Oc1ccc(Oc2cnc3cc(Cl)ccc3n2)cc1.c1ccncc1. The Morgan fingerprint density at radius 2 is 1.72 bits per heavy atom. The molecule has 7 nitrogen and oxygen atoms in total. The first-order chi connectivity index (χ1) is 15.5. The van der Waals surface area contributed by atoms with E-state index in [2.05, 4.69) is 15.0 Å². The van der Waals surface area contributed by atoms with E-state index < -0.39 is 12.1 Å².